The van der Waals surface area contributed by atoms with Crippen molar-refractivity contribution < 1.29 is 4.52 Å². The van der Waals surface area contributed by atoms with E-state index in [1.165, 1.54) is 38.4 Å². The van der Waals surface area contributed by atoms with Crippen LogP contribution in [0.25, 0.3) is 11.6 Å². The van der Waals surface area contributed by atoms with E-state index in [9.17, 15) is 0 Å². The fourth-order valence-corrected chi connectivity index (χ4v) is 2.57. The molecule has 0 aliphatic heterocycles. The van der Waals surface area contributed by atoms with E-state index in [1.54, 1.807) is 0 Å². The number of H-pyrrole nitrogens is 1. The SMILES string of the molecule is c1n[nH]c(-c2noc(CCC3CCCCC3)n2)n1. The predicted octanol–water partition coefficient (Wildman–Crippen LogP) is 2.37. The lowest BCUT2D eigenvalue weighted by molar-refractivity contribution is 0.315. The molecule has 0 saturated heterocycles. The molecule has 0 radical (unpaired) electrons. The van der Waals surface area contributed by atoms with Crippen molar-refractivity contribution >= 4 is 0 Å². The van der Waals surface area contributed by atoms with Crippen molar-refractivity contribution in [2.24, 2.45) is 5.92 Å². The van der Waals surface area contributed by atoms with Crippen LogP contribution in [0.3, 0.4) is 0 Å². The first-order chi connectivity index (χ1) is 8.92. The highest BCUT2D eigenvalue weighted by molar-refractivity contribution is 5.39. The topological polar surface area (TPSA) is 80.5 Å². The van der Waals surface area contributed by atoms with Crippen molar-refractivity contribution in [2.45, 2.75) is 44.9 Å². The molecule has 2 aromatic rings. The fourth-order valence-electron chi connectivity index (χ4n) is 2.57. The van der Waals surface area contributed by atoms with Crippen LogP contribution in [-0.4, -0.2) is 25.3 Å². The van der Waals surface area contributed by atoms with Gasteiger partial charge in [0.1, 0.15) is 6.33 Å². The Morgan fingerprint density at radius 2 is 2.17 bits per heavy atom. The van der Waals surface area contributed by atoms with Gasteiger partial charge in [-0.15, -0.1) is 0 Å². The number of aryl methyl sites for hydroxylation is 1. The van der Waals surface area contributed by atoms with Crippen LogP contribution in [0.2, 0.25) is 0 Å². The molecule has 2 heterocycles. The van der Waals surface area contributed by atoms with Gasteiger partial charge in [0.25, 0.3) is 0 Å². The van der Waals surface area contributed by atoms with Gasteiger partial charge in [0.2, 0.25) is 11.7 Å². The number of nitrogens with zero attached hydrogens (tertiary/aromatic N) is 4. The fraction of sp³-hybridized carbons (Fsp3) is 0.667. The lowest BCUT2D eigenvalue weighted by Gasteiger charge is -2.20. The highest BCUT2D eigenvalue weighted by Gasteiger charge is 2.16. The van der Waals surface area contributed by atoms with Gasteiger partial charge in [-0.3, -0.25) is 5.10 Å². The lowest BCUT2D eigenvalue weighted by Crippen LogP contribution is -2.07. The van der Waals surface area contributed by atoms with Crippen molar-refractivity contribution in [3.63, 3.8) is 0 Å². The molecule has 1 N–H and O–H groups in total. The van der Waals surface area contributed by atoms with E-state index in [4.69, 9.17) is 4.52 Å². The molecular weight excluding hydrogens is 230 g/mol. The van der Waals surface area contributed by atoms with Crippen molar-refractivity contribution in [1.82, 2.24) is 25.3 Å². The maximum atomic E-state index is 5.23. The Morgan fingerprint density at radius 3 is 2.94 bits per heavy atom. The third-order valence-corrected chi connectivity index (χ3v) is 3.59. The van der Waals surface area contributed by atoms with E-state index in [2.05, 4.69) is 25.3 Å². The molecule has 0 amide bonds. The largest absolute Gasteiger partial charge is 0.339 e. The Labute approximate surface area is 105 Å². The van der Waals surface area contributed by atoms with Crippen LogP contribution in [-0.2, 0) is 6.42 Å². The highest BCUT2D eigenvalue weighted by atomic mass is 16.5. The minimum atomic E-state index is 0.492. The van der Waals surface area contributed by atoms with Gasteiger partial charge in [-0.2, -0.15) is 10.1 Å². The van der Waals surface area contributed by atoms with Gasteiger partial charge in [-0.1, -0.05) is 37.3 Å². The zero-order valence-corrected chi connectivity index (χ0v) is 10.3. The Hall–Kier alpha value is -1.72. The van der Waals surface area contributed by atoms with Crippen molar-refractivity contribution in [3.05, 3.63) is 12.2 Å². The minimum Gasteiger partial charge on any atom is -0.339 e. The number of nitrogens with one attached hydrogen (secondary N) is 1. The summed E-state index contributed by atoms with van der Waals surface area (Å²) in [7, 11) is 0. The molecule has 18 heavy (non-hydrogen) atoms. The molecule has 6 nitrogen and oxygen atoms in total. The minimum absolute atomic E-state index is 0.492. The summed E-state index contributed by atoms with van der Waals surface area (Å²) in [5.74, 6) is 2.58. The standard InChI is InChI=1S/C12H17N5O/c1-2-4-9(5-3-1)6-7-10-15-12(17-18-10)11-13-8-14-16-11/h8-9H,1-7H2,(H,13,14,16). The molecule has 0 bridgehead atoms. The number of aromatic amines is 1. The lowest BCUT2D eigenvalue weighted by atomic mass is 9.86. The quantitative estimate of drug-likeness (QED) is 0.897. The van der Waals surface area contributed by atoms with Crippen molar-refractivity contribution in [2.75, 3.05) is 0 Å². The average Bonchev–Trinajstić information content (AvgIpc) is 3.08. The molecule has 1 aliphatic carbocycles. The van der Waals surface area contributed by atoms with Crippen LogP contribution in [0.15, 0.2) is 10.9 Å². The van der Waals surface area contributed by atoms with Crippen LogP contribution < -0.4 is 0 Å². The molecule has 1 aliphatic rings. The summed E-state index contributed by atoms with van der Waals surface area (Å²) in [5.41, 5.74) is 0. The first kappa shape index (κ1) is 11.4. The molecule has 0 unspecified atom stereocenters. The van der Waals surface area contributed by atoms with Crippen LogP contribution in [0.1, 0.15) is 44.4 Å². The van der Waals surface area contributed by atoms with Gasteiger partial charge in [-0.05, 0) is 12.3 Å². The Morgan fingerprint density at radius 1 is 1.28 bits per heavy atom. The second kappa shape index (κ2) is 5.29. The van der Waals surface area contributed by atoms with E-state index in [1.807, 2.05) is 0 Å². The van der Waals surface area contributed by atoms with Crippen LogP contribution in [0.5, 0.6) is 0 Å². The second-order valence-corrected chi connectivity index (χ2v) is 4.89. The number of hydrogen-bond donors (Lipinski definition) is 1. The summed E-state index contributed by atoms with van der Waals surface area (Å²) in [6.45, 7) is 0. The van der Waals surface area contributed by atoms with Crippen LogP contribution in [0.4, 0.5) is 0 Å². The molecule has 1 fully saturated rings. The van der Waals surface area contributed by atoms with E-state index in [0.717, 1.165) is 18.8 Å². The maximum Gasteiger partial charge on any atom is 0.239 e. The summed E-state index contributed by atoms with van der Waals surface area (Å²) in [4.78, 5) is 8.32. The van der Waals surface area contributed by atoms with E-state index in [0.29, 0.717) is 17.5 Å². The van der Waals surface area contributed by atoms with Gasteiger partial charge in [0.05, 0.1) is 0 Å². The van der Waals surface area contributed by atoms with Crippen LogP contribution >= 0.6 is 0 Å². The van der Waals surface area contributed by atoms with Gasteiger partial charge >= 0.3 is 0 Å². The zero-order valence-electron chi connectivity index (χ0n) is 10.3. The number of aromatic nitrogens is 5. The van der Waals surface area contributed by atoms with E-state index < -0.39 is 0 Å². The molecule has 0 spiro atoms. The summed E-state index contributed by atoms with van der Waals surface area (Å²) in [5, 5.41) is 10.4. The predicted molar refractivity (Wildman–Crippen MR) is 64.6 cm³/mol. The second-order valence-electron chi connectivity index (χ2n) is 4.89. The molecule has 3 rings (SSSR count). The van der Waals surface area contributed by atoms with Gasteiger partial charge in [0.15, 0.2) is 5.82 Å². The first-order valence-electron chi connectivity index (χ1n) is 6.60. The Kier molecular flexibility index (Phi) is 3.34. The molecular formula is C12H17N5O. The van der Waals surface area contributed by atoms with Crippen LogP contribution in [0, 0.1) is 5.92 Å². The molecule has 0 aromatic carbocycles. The molecule has 96 valence electrons. The van der Waals surface area contributed by atoms with Crippen molar-refractivity contribution in [3.8, 4) is 11.6 Å². The zero-order chi connectivity index (χ0) is 12.2. The summed E-state index contributed by atoms with van der Waals surface area (Å²) >= 11 is 0. The summed E-state index contributed by atoms with van der Waals surface area (Å²) in [6, 6.07) is 0. The summed E-state index contributed by atoms with van der Waals surface area (Å²) < 4.78 is 5.23. The van der Waals surface area contributed by atoms with Crippen molar-refractivity contribution in [1.29, 1.82) is 0 Å². The van der Waals surface area contributed by atoms with E-state index >= 15 is 0 Å². The van der Waals surface area contributed by atoms with E-state index in [-0.39, 0.29) is 0 Å². The summed E-state index contributed by atoms with van der Waals surface area (Å²) in [6.07, 6.45) is 10.3. The number of hydrogen-bond acceptors (Lipinski definition) is 5. The third kappa shape index (κ3) is 2.57. The van der Waals surface area contributed by atoms with Gasteiger partial charge < -0.3 is 4.52 Å². The maximum absolute atomic E-state index is 5.23. The molecule has 0 atom stereocenters. The number of rotatable bonds is 4. The molecule has 6 heteroatoms. The normalized spacial score (nSPS) is 17.1. The van der Waals surface area contributed by atoms with Gasteiger partial charge in [0, 0.05) is 6.42 Å². The van der Waals surface area contributed by atoms with Gasteiger partial charge in [-0.25, -0.2) is 4.98 Å². The molecule has 2 aromatic heterocycles. The first-order valence-corrected chi connectivity index (χ1v) is 6.60. The average molecular weight is 247 g/mol. The smallest absolute Gasteiger partial charge is 0.239 e. The third-order valence-electron chi connectivity index (χ3n) is 3.59. The Bertz CT molecular complexity index is 472. The highest BCUT2D eigenvalue weighted by Crippen LogP contribution is 2.27. The molecule has 1 saturated carbocycles. The Balaban J connectivity index is 1.57. The monoisotopic (exact) mass is 247 g/mol.